The minimum absolute atomic E-state index is 0.0752. The molecular weight excluding hydrogens is 266 g/mol. The molecule has 2 unspecified atom stereocenters. The Morgan fingerprint density at radius 1 is 1.48 bits per heavy atom. The molecule has 5 nitrogen and oxygen atoms in total. The number of amides is 1. The number of anilines is 2. The molecule has 0 saturated carbocycles. The lowest BCUT2D eigenvalue weighted by molar-refractivity contribution is 0.0827. The van der Waals surface area contributed by atoms with Crippen LogP contribution in [0, 0.1) is 5.92 Å². The van der Waals surface area contributed by atoms with Gasteiger partial charge in [-0.05, 0) is 31.0 Å². The van der Waals surface area contributed by atoms with Crippen LogP contribution in [0.5, 0.6) is 0 Å². The lowest BCUT2D eigenvalue weighted by atomic mass is 9.99. The predicted molar refractivity (Wildman–Crippen MR) is 85.7 cm³/mol. The molecule has 1 aliphatic heterocycles. The van der Waals surface area contributed by atoms with Crippen molar-refractivity contribution in [2.45, 2.75) is 25.9 Å². The van der Waals surface area contributed by atoms with Crippen molar-refractivity contribution in [1.29, 1.82) is 0 Å². The fourth-order valence-corrected chi connectivity index (χ4v) is 2.81. The van der Waals surface area contributed by atoms with Crippen LogP contribution in [0.3, 0.4) is 0 Å². The molecule has 1 saturated heterocycles. The summed E-state index contributed by atoms with van der Waals surface area (Å²) >= 11 is 0. The van der Waals surface area contributed by atoms with Crippen molar-refractivity contribution in [1.82, 2.24) is 5.32 Å². The van der Waals surface area contributed by atoms with Gasteiger partial charge >= 0.3 is 0 Å². The van der Waals surface area contributed by atoms with Crippen molar-refractivity contribution in [3.63, 3.8) is 0 Å². The second-order valence-electron chi connectivity index (χ2n) is 5.74. The van der Waals surface area contributed by atoms with Crippen molar-refractivity contribution in [2.75, 3.05) is 37.9 Å². The number of rotatable bonds is 5. The molecule has 5 heteroatoms. The van der Waals surface area contributed by atoms with Gasteiger partial charge < -0.3 is 20.7 Å². The Bertz CT molecular complexity index is 502. The molecule has 3 N–H and O–H groups in total. The minimum atomic E-state index is -0.0752. The SMILES string of the molecule is CCC1OCCC1CNC(=O)c1ccc(N(C)C)c(N)c1. The van der Waals surface area contributed by atoms with Gasteiger partial charge in [0.05, 0.1) is 17.5 Å². The average Bonchev–Trinajstić information content (AvgIpc) is 2.91. The summed E-state index contributed by atoms with van der Waals surface area (Å²) in [6.45, 7) is 3.57. The van der Waals surface area contributed by atoms with Crippen LogP contribution >= 0.6 is 0 Å². The van der Waals surface area contributed by atoms with Crippen LogP contribution in [0.25, 0.3) is 0 Å². The van der Waals surface area contributed by atoms with Gasteiger partial charge in [-0.25, -0.2) is 0 Å². The highest BCUT2D eigenvalue weighted by Crippen LogP contribution is 2.24. The molecule has 0 radical (unpaired) electrons. The summed E-state index contributed by atoms with van der Waals surface area (Å²) < 4.78 is 5.64. The molecule has 1 fully saturated rings. The van der Waals surface area contributed by atoms with E-state index in [0.29, 0.717) is 23.7 Å². The number of nitrogens with one attached hydrogen (secondary N) is 1. The van der Waals surface area contributed by atoms with E-state index in [1.165, 1.54) is 0 Å². The number of hydrogen-bond acceptors (Lipinski definition) is 4. The number of nitrogen functional groups attached to an aromatic ring is 1. The van der Waals surface area contributed by atoms with Gasteiger partial charge in [-0.2, -0.15) is 0 Å². The highest BCUT2D eigenvalue weighted by atomic mass is 16.5. The van der Waals surface area contributed by atoms with Gasteiger partial charge in [-0.3, -0.25) is 4.79 Å². The fourth-order valence-electron chi connectivity index (χ4n) is 2.81. The van der Waals surface area contributed by atoms with Crippen LogP contribution in [0.1, 0.15) is 30.1 Å². The van der Waals surface area contributed by atoms with E-state index in [1.807, 2.05) is 31.1 Å². The first-order valence-electron chi connectivity index (χ1n) is 7.49. The number of carbonyl (C=O) groups is 1. The van der Waals surface area contributed by atoms with Crippen LogP contribution in [0.2, 0.25) is 0 Å². The van der Waals surface area contributed by atoms with Crippen molar-refractivity contribution < 1.29 is 9.53 Å². The largest absolute Gasteiger partial charge is 0.397 e. The summed E-state index contributed by atoms with van der Waals surface area (Å²) in [5, 5.41) is 2.99. The minimum Gasteiger partial charge on any atom is -0.397 e. The molecule has 2 atom stereocenters. The van der Waals surface area contributed by atoms with E-state index in [1.54, 1.807) is 6.07 Å². The summed E-state index contributed by atoms with van der Waals surface area (Å²) in [7, 11) is 3.85. The molecule has 116 valence electrons. The summed E-state index contributed by atoms with van der Waals surface area (Å²) in [5.74, 6) is 0.339. The van der Waals surface area contributed by atoms with E-state index in [-0.39, 0.29) is 12.0 Å². The van der Waals surface area contributed by atoms with E-state index >= 15 is 0 Å². The summed E-state index contributed by atoms with van der Waals surface area (Å²) in [5.41, 5.74) is 8.11. The van der Waals surface area contributed by atoms with Gasteiger partial charge in [0.1, 0.15) is 0 Å². The monoisotopic (exact) mass is 291 g/mol. The second kappa shape index (κ2) is 6.80. The Kier molecular flexibility index (Phi) is 5.07. The molecule has 0 bridgehead atoms. The van der Waals surface area contributed by atoms with Crippen molar-refractivity contribution in [3.8, 4) is 0 Å². The van der Waals surface area contributed by atoms with Gasteiger partial charge in [-0.15, -0.1) is 0 Å². The van der Waals surface area contributed by atoms with Gasteiger partial charge in [0, 0.05) is 38.7 Å². The Morgan fingerprint density at radius 2 is 2.24 bits per heavy atom. The zero-order valence-electron chi connectivity index (χ0n) is 13.1. The fraction of sp³-hybridized carbons (Fsp3) is 0.562. The zero-order chi connectivity index (χ0) is 15.4. The van der Waals surface area contributed by atoms with E-state index in [4.69, 9.17) is 10.5 Å². The maximum Gasteiger partial charge on any atom is 0.251 e. The van der Waals surface area contributed by atoms with E-state index < -0.39 is 0 Å². The molecular formula is C16H25N3O2. The first-order chi connectivity index (χ1) is 10.0. The van der Waals surface area contributed by atoms with Gasteiger partial charge in [-0.1, -0.05) is 6.92 Å². The van der Waals surface area contributed by atoms with Crippen LogP contribution in [0.15, 0.2) is 18.2 Å². The molecule has 1 aromatic carbocycles. The van der Waals surface area contributed by atoms with E-state index in [9.17, 15) is 4.79 Å². The van der Waals surface area contributed by atoms with E-state index in [2.05, 4.69) is 12.2 Å². The number of hydrogen-bond donors (Lipinski definition) is 2. The van der Waals surface area contributed by atoms with Gasteiger partial charge in [0.15, 0.2) is 0 Å². The zero-order valence-corrected chi connectivity index (χ0v) is 13.1. The molecule has 1 aromatic rings. The molecule has 0 spiro atoms. The Hall–Kier alpha value is -1.75. The van der Waals surface area contributed by atoms with E-state index in [0.717, 1.165) is 25.1 Å². The molecule has 1 heterocycles. The second-order valence-corrected chi connectivity index (χ2v) is 5.74. The molecule has 0 aliphatic carbocycles. The third kappa shape index (κ3) is 3.67. The van der Waals surface area contributed by atoms with Crippen LogP contribution in [0.4, 0.5) is 11.4 Å². The molecule has 1 aliphatic rings. The number of ether oxygens (including phenoxy) is 1. The standard InChI is InChI=1S/C16H25N3O2/c1-4-15-12(7-8-21-15)10-18-16(20)11-5-6-14(19(2)3)13(17)9-11/h5-6,9,12,15H,4,7-8,10,17H2,1-3H3,(H,18,20). The maximum absolute atomic E-state index is 12.2. The average molecular weight is 291 g/mol. The van der Waals surface area contributed by atoms with Crippen LogP contribution in [-0.4, -0.2) is 39.3 Å². The topological polar surface area (TPSA) is 67.6 Å². The normalized spacial score (nSPS) is 21.3. The molecule has 0 aromatic heterocycles. The highest BCUT2D eigenvalue weighted by Gasteiger charge is 2.26. The smallest absolute Gasteiger partial charge is 0.251 e. The van der Waals surface area contributed by atoms with Gasteiger partial charge in [0.25, 0.3) is 5.91 Å². The van der Waals surface area contributed by atoms with Crippen LogP contribution < -0.4 is 16.0 Å². The summed E-state index contributed by atoms with van der Waals surface area (Å²) in [6, 6.07) is 5.41. The number of benzene rings is 1. The van der Waals surface area contributed by atoms with Crippen LogP contribution in [-0.2, 0) is 4.74 Å². The number of carbonyl (C=O) groups excluding carboxylic acids is 1. The van der Waals surface area contributed by atoms with Crippen molar-refractivity contribution >= 4 is 17.3 Å². The van der Waals surface area contributed by atoms with Crippen molar-refractivity contribution in [3.05, 3.63) is 23.8 Å². The first-order valence-corrected chi connectivity index (χ1v) is 7.49. The summed E-state index contributed by atoms with van der Waals surface area (Å²) in [4.78, 5) is 14.1. The highest BCUT2D eigenvalue weighted by molar-refractivity contribution is 5.96. The third-order valence-corrected chi connectivity index (χ3v) is 4.05. The Morgan fingerprint density at radius 3 is 2.86 bits per heavy atom. The first kappa shape index (κ1) is 15.6. The Labute approximate surface area is 126 Å². The quantitative estimate of drug-likeness (QED) is 0.813. The van der Waals surface area contributed by atoms with Crippen molar-refractivity contribution in [2.24, 2.45) is 5.92 Å². The summed E-state index contributed by atoms with van der Waals surface area (Å²) in [6.07, 6.45) is 2.28. The lowest BCUT2D eigenvalue weighted by Crippen LogP contribution is -2.32. The maximum atomic E-state index is 12.2. The number of nitrogens with two attached hydrogens (primary N) is 1. The third-order valence-electron chi connectivity index (χ3n) is 4.05. The molecule has 1 amide bonds. The Balaban J connectivity index is 1.96. The molecule has 2 rings (SSSR count). The number of nitrogens with zero attached hydrogens (tertiary/aromatic N) is 1. The lowest BCUT2D eigenvalue weighted by Gasteiger charge is -2.18. The van der Waals surface area contributed by atoms with Gasteiger partial charge in [0.2, 0.25) is 0 Å². The molecule has 21 heavy (non-hydrogen) atoms. The predicted octanol–water partition coefficient (Wildman–Crippen LogP) is 1.88.